The van der Waals surface area contributed by atoms with Gasteiger partial charge in [-0.05, 0) is 32.0 Å². The van der Waals surface area contributed by atoms with E-state index in [2.05, 4.69) is 0 Å². The molecule has 0 saturated carbocycles. The highest BCUT2D eigenvalue weighted by Gasteiger charge is 2.27. The fraction of sp³-hybridized carbons (Fsp3) is 0.333. The first-order chi connectivity index (χ1) is 9.31. The van der Waals surface area contributed by atoms with Crippen LogP contribution in [0, 0.1) is 0 Å². The molecule has 0 fully saturated rings. The molecule has 0 saturated heterocycles. The van der Waals surface area contributed by atoms with E-state index in [9.17, 15) is 23.9 Å². The van der Waals surface area contributed by atoms with Crippen molar-refractivity contribution in [3.05, 3.63) is 29.3 Å². The van der Waals surface area contributed by atoms with E-state index in [0.717, 1.165) is 12.1 Å². The minimum absolute atomic E-state index is 0.0433. The normalized spacial score (nSPS) is 11.0. The van der Waals surface area contributed by atoms with Crippen molar-refractivity contribution in [2.45, 2.75) is 13.8 Å². The molecule has 8 heteroatoms. The lowest BCUT2D eigenvalue weighted by atomic mass is 10.1. The van der Waals surface area contributed by atoms with Crippen molar-refractivity contribution < 1.29 is 33.4 Å². The van der Waals surface area contributed by atoms with Crippen LogP contribution in [0.25, 0.3) is 0 Å². The molecule has 0 spiro atoms. The monoisotopic (exact) mass is 302 g/mol. The predicted molar refractivity (Wildman–Crippen MR) is 70.0 cm³/mol. The first-order valence-electron chi connectivity index (χ1n) is 5.85. The summed E-state index contributed by atoms with van der Waals surface area (Å²) in [5.74, 6) is -1.58. The molecule has 2 N–H and O–H groups in total. The molecule has 0 aliphatic rings. The number of rotatable bonds is 5. The van der Waals surface area contributed by atoms with Crippen molar-refractivity contribution in [2.24, 2.45) is 0 Å². The number of esters is 2. The quantitative estimate of drug-likeness (QED) is 0.612. The number of hydrogen-bond donors (Lipinski definition) is 2. The van der Waals surface area contributed by atoms with Gasteiger partial charge in [0.2, 0.25) is 0 Å². The van der Waals surface area contributed by atoms with Crippen molar-refractivity contribution in [2.75, 3.05) is 13.2 Å². The third-order valence-corrected chi connectivity index (χ3v) is 3.32. The van der Waals surface area contributed by atoms with Crippen LogP contribution in [-0.2, 0) is 14.0 Å². The van der Waals surface area contributed by atoms with Gasteiger partial charge in [0, 0.05) is 0 Å². The van der Waals surface area contributed by atoms with Gasteiger partial charge in [0.25, 0.3) is 0 Å². The molecule has 0 heterocycles. The number of hydrogen-bond acceptors (Lipinski definition) is 5. The van der Waals surface area contributed by atoms with Gasteiger partial charge in [0.15, 0.2) is 0 Å². The Morgan fingerprint density at radius 2 is 1.65 bits per heavy atom. The molecular weight excluding hydrogens is 287 g/mol. The number of carbonyl (C=O) groups is 2. The third-order valence-electron chi connectivity index (χ3n) is 2.32. The van der Waals surface area contributed by atoms with Gasteiger partial charge < -0.3 is 19.3 Å². The lowest BCUT2D eigenvalue weighted by Gasteiger charge is -2.11. The average Bonchev–Trinajstić information content (AvgIpc) is 2.37. The lowest BCUT2D eigenvalue weighted by molar-refractivity contribution is 0.0512. The van der Waals surface area contributed by atoms with Crippen LogP contribution in [0.15, 0.2) is 18.2 Å². The van der Waals surface area contributed by atoms with Crippen molar-refractivity contribution in [1.29, 1.82) is 0 Å². The molecule has 110 valence electrons. The first kappa shape index (κ1) is 16.4. The van der Waals surface area contributed by atoms with Crippen LogP contribution >= 0.6 is 7.60 Å². The maximum atomic E-state index is 11.6. The Bertz CT molecular complexity index is 561. The summed E-state index contributed by atoms with van der Waals surface area (Å²) in [6.07, 6.45) is 0. The van der Waals surface area contributed by atoms with E-state index in [-0.39, 0.29) is 24.3 Å². The Balaban J connectivity index is 3.31. The van der Waals surface area contributed by atoms with Gasteiger partial charge in [0.1, 0.15) is 0 Å². The third kappa shape index (κ3) is 3.90. The largest absolute Gasteiger partial charge is 0.462 e. The van der Waals surface area contributed by atoms with E-state index >= 15 is 0 Å². The van der Waals surface area contributed by atoms with E-state index in [1.54, 1.807) is 13.8 Å². The minimum Gasteiger partial charge on any atom is -0.462 e. The van der Waals surface area contributed by atoms with Gasteiger partial charge in [-0.3, -0.25) is 4.57 Å². The van der Waals surface area contributed by atoms with Crippen LogP contribution in [0.3, 0.4) is 0 Å². The fourth-order valence-electron chi connectivity index (χ4n) is 1.50. The Morgan fingerprint density at radius 3 is 2.15 bits per heavy atom. The molecule has 20 heavy (non-hydrogen) atoms. The SMILES string of the molecule is CCOC(=O)c1ccc(C(=O)OCC)c(P(=O)(O)O)c1. The Morgan fingerprint density at radius 1 is 1.10 bits per heavy atom. The van der Waals surface area contributed by atoms with Crippen molar-refractivity contribution in [3.8, 4) is 0 Å². The van der Waals surface area contributed by atoms with Crippen molar-refractivity contribution in [1.82, 2.24) is 0 Å². The molecule has 0 bridgehead atoms. The van der Waals surface area contributed by atoms with Crippen LogP contribution < -0.4 is 5.30 Å². The van der Waals surface area contributed by atoms with Crippen LogP contribution in [0.4, 0.5) is 0 Å². The number of benzene rings is 1. The van der Waals surface area contributed by atoms with Gasteiger partial charge in [0.05, 0.1) is 29.6 Å². The second-order valence-electron chi connectivity index (χ2n) is 3.72. The molecule has 1 aromatic rings. The number of ether oxygens (including phenoxy) is 2. The van der Waals surface area contributed by atoms with Crippen LogP contribution in [0.1, 0.15) is 34.6 Å². The molecule has 7 nitrogen and oxygen atoms in total. The summed E-state index contributed by atoms with van der Waals surface area (Å²) in [7, 11) is -4.73. The van der Waals surface area contributed by atoms with E-state index in [0.29, 0.717) is 0 Å². The topological polar surface area (TPSA) is 110 Å². The molecule has 0 atom stereocenters. The summed E-state index contributed by atoms with van der Waals surface area (Å²) in [4.78, 5) is 41.7. The Labute approximate surface area is 115 Å². The van der Waals surface area contributed by atoms with Gasteiger partial charge in [-0.1, -0.05) is 0 Å². The Kier molecular flexibility index (Phi) is 5.44. The highest BCUT2D eigenvalue weighted by atomic mass is 31.2. The summed E-state index contributed by atoms with van der Waals surface area (Å²) < 4.78 is 20.9. The minimum atomic E-state index is -4.73. The van der Waals surface area contributed by atoms with Gasteiger partial charge in [-0.15, -0.1) is 0 Å². The first-order valence-corrected chi connectivity index (χ1v) is 7.46. The second-order valence-corrected chi connectivity index (χ2v) is 5.29. The second kappa shape index (κ2) is 6.65. The lowest BCUT2D eigenvalue weighted by Crippen LogP contribution is -2.20. The smallest absolute Gasteiger partial charge is 0.357 e. The summed E-state index contributed by atoms with van der Waals surface area (Å²) in [6, 6.07) is 3.34. The van der Waals surface area contributed by atoms with Crippen molar-refractivity contribution in [3.63, 3.8) is 0 Å². The highest BCUT2D eigenvalue weighted by molar-refractivity contribution is 7.60. The summed E-state index contributed by atoms with van der Waals surface area (Å²) in [5, 5.41) is -0.554. The molecule has 0 radical (unpaired) electrons. The van der Waals surface area contributed by atoms with Crippen LogP contribution in [0.2, 0.25) is 0 Å². The average molecular weight is 302 g/mol. The van der Waals surface area contributed by atoms with Gasteiger partial charge >= 0.3 is 19.5 Å². The van der Waals surface area contributed by atoms with E-state index in [1.807, 2.05) is 0 Å². The molecule has 1 aromatic carbocycles. The number of carbonyl (C=O) groups excluding carboxylic acids is 2. The standard InChI is InChI=1S/C12H15O7P/c1-3-18-11(13)8-5-6-9(12(14)19-4-2)10(7-8)20(15,16)17/h5-7H,3-4H2,1-2H3,(H2,15,16,17). The maximum Gasteiger partial charge on any atom is 0.357 e. The van der Waals surface area contributed by atoms with E-state index < -0.39 is 24.8 Å². The van der Waals surface area contributed by atoms with Gasteiger partial charge in [-0.2, -0.15) is 0 Å². The molecular formula is C12H15O7P. The molecule has 1 rings (SSSR count). The molecule has 0 aliphatic carbocycles. The summed E-state index contributed by atoms with van der Waals surface area (Å²) in [5.41, 5.74) is -0.313. The van der Waals surface area contributed by atoms with Crippen LogP contribution in [-0.4, -0.2) is 34.9 Å². The van der Waals surface area contributed by atoms with Crippen molar-refractivity contribution >= 4 is 24.8 Å². The maximum absolute atomic E-state index is 11.6. The van der Waals surface area contributed by atoms with Crippen LogP contribution in [0.5, 0.6) is 0 Å². The summed E-state index contributed by atoms with van der Waals surface area (Å²) in [6.45, 7) is 3.37. The molecule has 0 amide bonds. The highest BCUT2D eigenvalue weighted by Crippen LogP contribution is 2.35. The predicted octanol–water partition coefficient (Wildman–Crippen LogP) is 0.843. The zero-order valence-electron chi connectivity index (χ0n) is 11.0. The Hall–Kier alpha value is -1.69. The zero-order valence-corrected chi connectivity index (χ0v) is 11.9. The molecule has 0 aromatic heterocycles. The summed E-state index contributed by atoms with van der Waals surface area (Å²) >= 11 is 0. The van der Waals surface area contributed by atoms with E-state index in [4.69, 9.17) is 9.47 Å². The fourth-order valence-corrected chi connectivity index (χ4v) is 2.28. The van der Waals surface area contributed by atoms with E-state index in [1.165, 1.54) is 6.07 Å². The van der Waals surface area contributed by atoms with Gasteiger partial charge in [-0.25, -0.2) is 9.59 Å². The zero-order chi connectivity index (χ0) is 15.3. The molecule has 0 unspecified atom stereocenters. The molecule has 0 aliphatic heterocycles.